The monoisotopic (exact) mass is 458 g/mol. The lowest BCUT2D eigenvalue weighted by Gasteiger charge is -2.36. The first-order valence-corrected chi connectivity index (χ1v) is 11.8. The van der Waals surface area contributed by atoms with E-state index in [-0.39, 0.29) is 6.04 Å². The van der Waals surface area contributed by atoms with Crippen molar-refractivity contribution in [2.45, 2.75) is 45.1 Å². The van der Waals surface area contributed by atoms with Gasteiger partial charge in [0.1, 0.15) is 11.3 Å². The third-order valence-electron chi connectivity index (χ3n) is 6.82. The number of aromatic nitrogens is 1. The number of nitrogens with zero attached hydrogens (tertiary/aromatic N) is 2. The van der Waals surface area contributed by atoms with E-state index in [0.717, 1.165) is 59.1 Å². The fraction of sp³-hybridized carbons (Fsp3) is 0.321. The van der Waals surface area contributed by atoms with Gasteiger partial charge >= 0.3 is 0 Å². The number of benzene rings is 3. The van der Waals surface area contributed by atoms with Gasteiger partial charge in [0, 0.05) is 23.7 Å². The van der Waals surface area contributed by atoms with E-state index in [0.29, 0.717) is 23.8 Å². The largest absolute Gasteiger partial charge is 0.496 e. The number of fused-ring (bicyclic) bond motifs is 1. The molecule has 1 saturated heterocycles. The maximum Gasteiger partial charge on any atom is 0.227 e. The summed E-state index contributed by atoms with van der Waals surface area (Å²) in [5.41, 5.74) is 6.75. The van der Waals surface area contributed by atoms with E-state index < -0.39 is 6.29 Å². The van der Waals surface area contributed by atoms with Crippen molar-refractivity contribution >= 4 is 11.1 Å². The van der Waals surface area contributed by atoms with Gasteiger partial charge in [0.2, 0.25) is 5.89 Å². The van der Waals surface area contributed by atoms with Crippen molar-refractivity contribution in [2.75, 3.05) is 13.7 Å². The molecule has 3 aromatic carbocycles. The molecule has 0 spiro atoms. The summed E-state index contributed by atoms with van der Waals surface area (Å²) in [6, 6.07) is 20.1. The van der Waals surface area contributed by atoms with E-state index >= 15 is 0 Å². The van der Waals surface area contributed by atoms with E-state index in [1.807, 2.05) is 42.5 Å². The topological polar surface area (TPSA) is 79.0 Å². The molecule has 0 amide bonds. The van der Waals surface area contributed by atoms with Crippen LogP contribution >= 0.6 is 0 Å². The third-order valence-corrected chi connectivity index (χ3v) is 6.82. The SMILES string of the molecule is COc1cc2oc(-c3cccc(-c4ccccc4)c3C)nc2cc1CN1CCCCC1C(O)O. The van der Waals surface area contributed by atoms with Crippen LogP contribution in [0.3, 0.4) is 0 Å². The highest BCUT2D eigenvalue weighted by Crippen LogP contribution is 2.35. The van der Waals surface area contributed by atoms with E-state index in [1.165, 1.54) is 0 Å². The Hall–Kier alpha value is -3.19. The van der Waals surface area contributed by atoms with Crippen molar-refractivity contribution in [2.24, 2.45) is 0 Å². The minimum absolute atomic E-state index is 0.273. The predicted octanol–water partition coefficient (Wildman–Crippen LogP) is 5.14. The van der Waals surface area contributed by atoms with Crippen LogP contribution in [0.2, 0.25) is 0 Å². The minimum atomic E-state index is -1.35. The van der Waals surface area contributed by atoms with Gasteiger partial charge in [-0.2, -0.15) is 0 Å². The third kappa shape index (κ3) is 4.32. The van der Waals surface area contributed by atoms with Crippen LogP contribution in [0.5, 0.6) is 5.75 Å². The fourth-order valence-electron chi connectivity index (χ4n) is 4.99. The molecule has 6 heteroatoms. The zero-order valence-electron chi connectivity index (χ0n) is 19.6. The summed E-state index contributed by atoms with van der Waals surface area (Å²) in [6.45, 7) is 3.47. The minimum Gasteiger partial charge on any atom is -0.496 e. The van der Waals surface area contributed by atoms with Gasteiger partial charge in [-0.1, -0.05) is 48.9 Å². The second kappa shape index (κ2) is 9.58. The maximum atomic E-state index is 9.84. The average Bonchev–Trinajstić information content (AvgIpc) is 3.27. The number of aliphatic hydroxyl groups excluding tert-OH is 1. The Morgan fingerprint density at radius 1 is 1.06 bits per heavy atom. The lowest BCUT2D eigenvalue weighted by Crippen LogP contribution is -2.46. The van der Waals surface area contributed by atoms with Gasteiger partial charge < -0.3 is 19.4 Å². The van der Waals surface area contributed by atoms with Gasteiger partial charge in [-0.05, 0) is 55.1 Å². The van der Waals surface area contributed by atoms with Crippen molar-refractivity contribution in [3.63, 3.8) is 0 Å². The Kier molecular flexibility index (Phi) is 6.37. The van der Waals surface area contributed by atoms with Crippen LogP contribution in [-0.4, -0.2) is 46.1 Å². The number of oxazole rings is 1. The van der Waals surface area contributed by atoms with Crippen molar-refractivity contribution < 1.29 is 19.4 Å². The summed E-state index contributed by atoms with van der Waals surface area (Å²) < 4.78 is 11.9. The molecule has 0 bridgehead atoms. The first-order chi connectivity index (χ1) is 16.5. The Morgan fingerprint density at radius 3 is 2.62 bits per heavy atom. The molecule has 0 aliphatic carbocycles. The average molecular weight is 459 g/mol. The zero-order valence-corrected chi connectivity index (χ0v) is 19.6. The van der Waals surface area contributed by atoms with Crippen LogP contribution in [0.4, 0.5) is 0 Å². The molecular weight excluding hydrogens is 428 g/mol. The first-order valence-electron chi connectivity index (χ1n) is 11.8. The quantitative estimate of drug-likeness (QED) is 0.389. The van der Waals surface area contributed by atoms with Gasteiger partial charge in [-0.3, -0.25) is 4.90 Å². The van der Waals surface area contributed by atoms with E-state index in [9.17, 15) is 10.2 Å². The Bertz CT molecular complexity index is 1280. The van der Waals surface area contributed by atoms with Crippen molar-refractivity contribution in [3.05, 3.63) is 71.8 Å². The smallest absolute Gasteiger partial charge is 0.227 e. The normalized spacial score (nSPS) is 16.9. The maximum absolute atomic E-state index is 9.84. The standard InChI is InChI=1S/C28H30N2O4/c1-18-21(19-9-4-3-5-10-19)11-8-12-22(18)27-29-23-15-20(25(33-2)16-26(23)34-27)17-30-14-7-6-13-24(30)28(31)32/h3-5,8-12,15-16,24,28,31-32H,6-7,13-14,17H2,1-2H3. The van der Waals surface area contributed by atoms with Crippen LogP contribution in [-0.2, 0) is 6.54 Å². The summed E-state index contributed by atoms with van der Waals surface area (Å²) in [5.74, 6) is 1.29. The number of aliphatic hydroxyl groups is 2. The highest BCUT2D eigenvalue weighted by Gasteiger charge is 2.28. The van der Waals surface area contributed by atoms with Gasteiger partial charge in [0.15, 0.2) is 11.9 Å². The molecule has 1 atom stereocenters. The van der Waals surface area contributed by atoms with E-state index in [2.05, 4.69) is 30.0 Å². The highest BCUT2D eigenvalue weighted by molar-refractivity contribution is 5.81. The molecule has 6 nitrogen and oxygen atoms in total. The molecule has 1 aliphatic heterocycles. The van der Waals surface area contributed by atoms with Crippen LogP contribution in [0.1, 0.15) is 30.4 Å². The van der Waals surface area contributed by atoms with Crippen molar-refractivity contribution in [1.82, 2.24) is 9.88 Å². The summed E-state index contributed by atoms with van der Waals surface area (Å²) in [4.78, 5) is 6.94. The second-order valence-electron chi connectivity index (χ2n) is 8.94. The molecule has 5 rings (SSSR count). The first kappa shape index (κ1) is 22.6. The number of piperidine rings is 1. The fourth-order valence-corrected chi connectivity index (χ4v) is 4.99. The molecule has 4 aromatic rings. The number of likely N-dealkylation sites (tertiary alicyclic amines) is 1. The van der Waals surface area contributed by atoms with Crippen molar-refractivity contribution in [1.29, 1.82) is 0 Å². The van der Waals surface area contributed by atoms with Gasteiger partial charge in [0.05, 0.1) is 13.2 Å². The zero-order chi connectivity index (χ0) is 23.7. The molecule has 1 unspecified atom stereocenters. The van der Waals surface area contributed by atoms with Gasteiger partial charge in [-0.25, -0.2) is 4.98 Å². The highest BCUT2D eigenvalue weighted by atomic mass is 16.5. The molecule has 34 heavy (non-hydrogen) atoms. The number of ether oxygens (including phenoxy) is 1. The van der Waals surface area contributed by atoms with Gasteiger partial charge in [0.25, 0.3) is 0 Å². The number of hydrogen-bond donors (Lipinski definition) is 2. The molecular formula is C28H30N2O4. The Balaban J connectivity index is 1.51. The second-order valence-corrected chi connectivity index (χ2v) is 8.94. The number of methoxy groups -OCH3 is 1. The van der Waals surface area contributed by atoms with Gasteiger partial charge in [-0.15, -0.1) is 0 Å². The van der Waals surface area contributed by atoms with Crippen LogP contribution in [0.25, 0.3) is 33.7 Å². The molecule has 0 saturated carbocycles. The lowest BCUT2D eigenvalue weighted by atomic mass is 9.96. The number of hydrogen-bond acceptors (Lipinski definition) is 6. The molecule has 2 heterocycles. The van der Waals surface area contributed by atoms with Crippen LogP contribution in [0.15, 0.2) is 65.1 Å². The summed E-state index contributed by atoms with van der Waals surface area (Å²) in [7, 11) is 1.64. The van der Waals surface area contributed by atoms with Crippen LogP contribution < -0.4 is 4.74 Å². The van der Waals surface area contributed by atoms with E-state index in [4.69, 9.17) is 14.1 Å². The summed E-state index contributed by atoms with van der Waals surface area (Å²) >= 11 is 0. The predicted molar refractivity (Wildman–Crippen MR) is 132 cm³/mol. The Labute approximate surface area is 199 Å². The molecule has 1 aliphatic rings. The molecule has 1 aromatic heterocycles. The Morgan fingerprint density at radius 2 is 1.85 bits per heavy atom. The van der Waals surface area contributed by atoms with Crippen LogP contribution in [0, 0.1) is 6.92 Å². The molecule has 176 valence electrons. The molecule has 1 fully saturated rings. The molecule has 2 N–H and O–H groups in total. The summed E-state index contributed by atoms with van der Waals surface area (Å²) in [6.07, 6.45) is 1.46. The summed E-state index contributed by atoms with van der Waals surface area (Å²) in [5, 5.41) is 19.7. The molecule has 0 radical (unpaired) electrons. The van der Waals surface area contributed by atoms with Crippen molar-refractivity contribution in [3.8, 4) is 28.3 Å². The number of rotatable bonds is 6. The van der Waals surface area contributed by atoms with E-state index in [1.54, 1.807) is 7.11 Å². The lowest BCUT2D eigenvalue weighted by molar-refractivity contribution is -0.112.